The number of carbonyl (C=O) groups is 1. The first-order valence-electron chi connectivity index (χ1n) is 6.14. The third kappa shape index (κ3) is 3.95. The Balaban J connectivity index is 2.25. The molecule has 0 aliphatic heterocycles. The van der Waals surface area contributed by atoms with Gasteiger partial charge in [0, 0.05) is 5.02 Å². The maximum atomic E-state index is 10.9. The number of benzene rings is 2. The number of halogens is 1. The van der Waals surface area contributed by atoms with Gasteiger partial charge in [-0.05, 0) is 34.8 Å². The number of hydrogen-bond donors (Lipinski definition) is 3. The van der Waals surface area contributed by atoms with Crippen LogP contribution in [-0.2, 0) is 0 Å². The zero-order valence-electron chi connectivity index (χ0n) is 10.9. The summed E-state index contributed by atoms with van der Waals surface area (Å²) in [5, 5.41) is 27.4. The van der Waals surface area contributed by atoms with Crippen LogP contribution in [0.4, 0.5) is 0 Å². The van der Waals surface area contributed by atoms with Gasteiger partial charge in [0.15, 0.2) is 0 Å². The van der Waals surface area contributed by atoms with E-state index in [1.165, 1.54) is 12.1 Å². The van der Waals surface area contributed by atoms with Gasteiger partial charge in [0.1, 0.15) is 0 Å². The van der Waals surface area contributed by atoms with Crippen molar-refractivity contribution in [1.29, 1.82) is 0 Å². The Morgan fingerprint density at radius 1 is 1.10 bits per heavy atom. The minimum absolute atomic E-state index is 0.210. The largest absolute Gasteiger partial charge is 0.488 e. The average Bonchev–Trinajstić information content (AvgIpc) is 2.46. The summed E-state index contributed by atoms with van der Waals surface area (Å²) in [4.78, 5) is 10.9. The van der Waals surface area contributed by atoms with Crippen molar-refractivity contribution in [3.8, 4) is 0 Å². The van der Waals surface area contributed by atoms with E-state index in [9.17, 15) is 4.79 Å². The lowest BCUT2D eigenvalue weighted by molar-refractivity contribution is 0.0697. The van der Waals surface area contributed by atoms with Crippen LogP contribution in [0.3, 0.4) is 0 Å². The Morgan fingerprint density at radius 2 is 1.86 bits per heavy atom. The summed E-state index contributed by atoms with van der Waals surface area (Å²) in [5.41, 5.74) is 1.95. The Labute approximate surface area is 127 Å². The van der Waals surface area contributed by atoms with E-state index in [1.807, 2.05) is 0 Å². The van der Waals surface area contributed by atoms with Crippen LogP contribution in [0.25, 0.3) is 12.2 Å². The monoisotopic (exact) mass is 302 g/mol. The zero-order chi connectivity index (χ0) is 15.4. The highest BCUT2D eigenvalue weighted by Gasteiger charge is 2.11. The van der Waals surface area contributed by atoms with Gasteiger partial charge in [-0.25, -0.2) is 4.79 Å². The van der Waals surface area contributed by atoms with Crippen LogP contribution in [0, 0.1) is 0 Å². The highest BCUT2D eigenvalue weighted by molar-refractivity contribution is 6.59. The fourth-order valence-corrected chi connectivity index (χ4v) is 2.05. The molecule has 6 heteroatoms. The second kappa shape index (κ2) is 6.58. The van der Waals surface area contributed by atoms with Crippen molar-refractivity contribution < 1.29 is 19.9 Å². The number of hydrogen-bond acceptors (Lipinski definition) is 3. The smallest absolute Gasteiger partial charge is 0.478 e. The molecule has 0 unspecified atom stereocenters. The van der Waals surface area contributed by atoms with E-state index in [2.05, 4.69) is 0 Å². The van der Waals surface area contributed by atoms with Crippen LogP contribution < -0.4 is 5.46 Å². The first kappa shape index (κ1) is 15.3. The molecule has 3 N–H and O–H groups in total. The fraction of sp³-hybridized carbons (Fsp3) is 0. The van der Waals surface area contributed by atoms with Gasteiger partial charge in [-0.3, -0.25) is 0 Å². The van der Waals surface area contributed by atoms with Gasteiger partial charge in [-0.2, -0.15) is 0 Å². The summed E-state index contributed by atoms with van der Waals surface area (Å²) < 4.78 is 0. The molecule has 0 aliphatic carbocycles. The van der Waals surface area contributed by atoms with Crippen LogP contribution in [-0.4, -0.2) is 28.2 Å². The van der Waals surface area contributed by atoms with E-state index >= 15 is 0 Å². The van der Waals surface area contributed by atoms with Gasteiger partial charge in [0.2, 0.25) is 0 Å². The molecule has 0 heterocycles. The summed E-state index contributed by atoms with van der Waals surface area (Å²) in [7, 11) is -1.56. The number of carboxylic acid groups (broad SMARTS) is 1. The summed E-state index contributed by atoms with van der Waals surface area (Å²) in [5.74, 6) is -0.982. The van der Waals surface area contributed by atoms with Gasteiger partial charge in [-0.15, -0.1) is 0 Å². The van der Waals surface area contributed by atoms with E-state index in [0.717, 1.165) is 5.56 Å². The molecule has 2 rings (SSSR count). The van der Waals surface area contributed by atoms with E-state index in [0.29, 0.717) is 16.0 Å². The van der Waals surface area contributed by atoms with Crippen LogP contribution >= 0.6 is 11.6 Å². The maximum Gasteiger partial charge on any atom is 0.488 e. The molecule has 0 radical (unpaired) electrons. The van der Waals surface area contributed by atoms with Crippen LogP contribution in [0.15, 0.2) is 42.5 Å². The SMILES string of the molecule is O=C(O)c1cccc(/C=C/c2ccc(B(O)O)cc2Cl)c1. The van der Waals surface area contributed by atoms with Crippen molar-refractivity contribution in [1.82, 2.24) is 0 Å². The summed E-state index contributed by atoms with van der Waals surface area (Å²) in [6.07, 6.45) is 3.47. The minimum atomic E-state index is -1.56. The lowest BCUT2D eigenvalue weighted by atomic mass is 9.80. The summed E-state index contributed by atoms with van der Waals surface area (Å²) in [6, 6.07) is 11.2. The van der Waals surface area contributed by atoms with Crippen molar-refractivity contribution in [2.75, 3.05) is 0 Å². The van der Waals surface area contributed by atoms with Crippen molar-refractivity contribution in [3.63, 3.8) is 0 Å². The fourth-order valence-electron chi connectivity index (χ4n) is 1.80. The molecule has 0 aromatic heterocycles. The van der Waals surface area contributed by atoms with Crippen LogP contribution in [0.1, 0.15) is 21.5 Å². The molecule has 0 saturated heterocycles. The second-order valence-electron chi connectivity index (χ2n) is 4.42. The molecule has 0 amide bonds. The molecule has 0 bridgehead atoms. The Hall–Kier alpha value is -2.08. The third-order valence-corrected chi connectivity index (χ3v) is 3.24. The molecule has 106 valence electrons. The molecule has 0 aliphatic rings. The highest BCUT2D eigenvalue weighted by Crippen LogP contribution is 2.18. The van der Waals surface area contributed by atoms with Gasteiger partial charge < -0.3 is 15.2 Å². The standard InChI is InChI=1S/C15H12BClO4/c17-14-9-13(16(20)21)7-6-11(14)5-4-10-2-1-3-12(8-10)15(18)19/h1-9,20-21H,(H,18,19)/b5-4+. The van der Waals surface area contributed by atoms with Crippen molar-refractivity contribution in [2.45, 2.75) is 0 Å². The van der Waals surface area contributed by atoms with Crippen molar-refractivity contribution >= 4 is 42.3 Å². The van der Waals surface area contributed by atoms with E-state index in [4.69, 9.17) is 26.8 Å². The van der Waals surface area contributed by atoms with Gasteiger partial charge >= 0.3 is 13.1 Å². The normalized spacial score (nSPS) is 10.8. The van der Waals surface area contributed by atoms with Crippen LogP contribution in [0.2, 0.25) is 5.02 Å². The second-order valence-corrected chi connectivity index (χ2v) is 4.83. The molecule has 2 aromatic rings. The maximum absolute atomic E-state index is 10.9. The molecule has 2 aromatic carbocycles. The molecular weight excluding hydrogens is 290 g/mol. The van der Waals surface area contributed by atoms with Gasteiger partial charge in [-0.1, -0.05) is 48.0 Å². The minimum Gasteiger partial charge on any atom is -0.478 e. The lowest BCUT2D eigenvalue weighted by Crippen LogP contribution is -2.29. The quantitative estimate of drug-likeness (QED) is 0.595. The number of carboxylic acids is 1. The van der Waals surface area contributed by atoms with E-state index in [1.54, 1.807) is 42.5 Å². The van der Waals surface area contributed by atoms with Crippen LogP contribution in [0.5, 0.6) is 0 Å². The number of rotatable bonds is 4. The molecule has 0 saturated carbocycles. The Morgan fingerprint density at radius 3 is 2.48 bits per heavy atom. The molecule has 0 atom stereocenters. The molecular formula is C15H12BClO4. The first-order chi connectivity index (χ1) is 9.97. The number of aromatic carboxylic acids is 1. The lowest BCUT2D eigenvalue weighted by Gasteiger charge is -2.03. The zero-order valence-corrected chi connectivity index (χ0v) is 11.7. The van der Waals surface area contributed by atoms with Gasteiger partial charge in [0.25, 0.3) is 0 Å². The third-order valence-electron chi connectivity index (χ3n) is 2.91. The van der Waals surface area contributed by atoms with E-state index in [-0.39, 0.29) is 5.56 Å². The molecule has 4 nitrogen and oxygen atoms in total. The molecule has 21 heavy (non-hydrogen) atoms. The van der Waals surface area contributed by atoms with Crippen molar-refractivity contribution in [2.24, 2.45) is 0 Å². The summed E-state index contributed by atoms with van der Waals surface area (Å²) in [6.45, 7) is 0. The molecule has 0 spiro atoms. The average molecular weight is 303 g/mol. The topological polar surface area (TPSA) is 77.8 Å². The molecule has 0 fully saturated rings. The van der Waals surface area contributed by atoms with E-state index < -0.39 is 13.1 Å². The predicted molar refractivity (Wildman–Crippen MR) is 83.6 cm³/mol. The Kier molecular flexibility index (Phi) is 4.80. The Bertz CT molecular complexity index is 698. The predicted octanol–water partition coefficient (Wildman–Crippen LogP) is 1.89. The van der Waals surface area contributed by atoms with Crippen molar-refractivity contribution in [3.05, 3.63) is 64.2 Å². The first-order valence-corrected chi connectivity index (χ1v) is 6.52. The highest BCUT2D eigenvalue weighted by atomic mass is 35.5. The van der Waals surface area contributed by atoms with Gasteiger partial charge in [0.05, 0.1) is 5.56 Å². The summed E-state index contributed by atoms with van der Waals surface area (Å²) >= 11 is 6.05.